The van der Waals surface area contributed by atoms with Crippen LogP contribution in [0.4, 0.5) is 0 Å². The molecule has 190 valence electrons. The van der Waals surface area contributed by atoms with E-state index in [1.54, 1.807) is 0 Å². The molecule has 2 atom stereocenters. The first kappa shape index (κ1) is 26.1. The van der Waals surface area contributed by atoms with Crippen molar-refractivity contribution in [3.63, 3.8) is 0 Å². The van der Waals surface area contributed by atoms with Crippen LogP contribution in [-0.4, -0.2) is 50.3 Å². The highest BCUT2D eigenvalue weighted by Gasteiger charge is 2.46. The van der Waals surface area contributed by atoms with Crippen LogP contribution in [0.3, 0.4) is 0 Å². The van der Waals surface area contributed by atoms with E-state index in [2.05, 4.69) is 24.1 Å². The summed E-state index contributed by atoms with van der Waals surface area (Å²) in [4.78, 5) is 16.1. The van der Waals surface area contributed by atoms with Crippen LogP contribution >= 0.6 is 0 Å². The van der Waals surface area contributed by atoms with Gasteiger partial charge in [0, 0.05) is 26.3 Å². The molecule has 0 amide bonds. The van der Waals surface area contributed by atoms with Crippen molar-refractivity contribution in [1.29, 1.82) is 0 Å². The zero-order valence-electron chi connectivity index (χ0n) is 21.4. The first-order chi connectivity index (χ1) is 17.6. The molecule has 3 aromatic carbocycles. The van der Waals surface area contributed by atoms with Crippen molar-refractivity contribution in [2.75, 3.05) is 33.4 Å². The summed E-state index contributed by atoms with van der Waals surface area (Å²) in [7, 11) is 2.05. The molecule has 1 aliphatic rings. The minimum absolute atomic E-state index is 0.133. The molecule has 0 radical (unpaired) electrons. The molecule has 1 saturated heterocycles. The van der Waals surface area contributed by atoms with Crippen LogP contribution in [0.5, 0.6) is 0 Å². The molecule has 2 unspecified atom stereocenters. The molecule has 1 fully saturated rings. The van der Waals surface area contributed by atoms with Crippen molar-refractivity contribution in [3.05, 3.63) is 107 Å². The fourth-order valence-electron chi connectivity index (χ4n) is 4.61. The van der Waals surface area contributed by atoms with Gasteiger partial charge in [-0.2, -0.15) is 0 Å². The largest absolute Gasteiger partial charge is 0.458 e. The van der Waals surface area contributed by atoms with Gasteiger partial charge in [0.2, 0.25) is 5.60 Å². The van der Waals surface area contributed by atoms with Crippen LogP contribution in [0.25, 0.3) is 0 Å². The number of esters is 1. The molecule has 0 saturated carbocycles. The molecule has 0 N–H and O–H groups in total. The van der Waals surface area contributed by atoms with Crippen molar-refractivity contribution >= 4 is 5.97 Å². The number of aryl methyl sites for hydroxylation is 1. The van der Waals surface area contributed by atoms with Crippen LogP contribution < -0.4 is 0 Å². The molecule has 5 nitrogen and oxygen atoms in total. The lowest BCUT2D eigenvalue weighted by atomic mass is 9.85. The summed E-state index contributed by atoms with van der Waals surface area (Å²) in [6, 6.07) is 27.9. The van der Waals surface area contributed by atoms with Crippen LogP contribution in [0.15, 0.2) is 84.9 Å². The van der Waals surface area contributed by atoms with E-state index in [0.717, 1.165) is 54.6 Å². The third-order valence-corrected chi connectivity index (χ3v) is 6.66. The minimum Gasteiger partial charge on any atom is -0.458 e. The van der Waals surface area contributed by atoms with Crippen LogP contribution in [0, 0.1) is 6.92 Å². The van der Waals surface area contributed by atoms with Crippen LogP contribution in [-0.2, 0) is 31.2 Å². The Labute approximate surface area is 215 Å². The van der Waals surface area contributed by atoms with E-state index in [1.807, 2.05) is 79.7 Å². The third kappa shape index (κ3) is 6.61. The number of benzene rings is 3. The van der Waals surface area contributed by atoms with Crippen molar-refractivity contribution < 1.29 is 19.0 Å². The predicted octanol–water partition coefficient (Wildman–Crippen LogP) is 5.50. The Hall–Kier alpha value is -2.99. The van der Waals surface area contributed by atoms with Crippen LogP contribution in [0.2, 0.25) is 0 Å². The average Bonchev–Trinajstić information content (AvgIpc) is 3.32. The maximum absolute atomic E-state index is 13.9. The highest BCUT2D eigenvalue weighted by Crippen LogP contribution is 2.36. The van der Waals surface area contributed by atoms with Crippen molar-refractivity contribution in [2.45, 2.75) is 44.5 Å². The summed E-state index contributed by atoms with van der Waals surface area (Å²) in [5.41, 5.74) is 2.54. The molecule has 4 rings (SSSR count). The van der Waals surface area contributed by atoms with Gasteiger partial charge in [0.1, 0.15) is 6.10 Å². The second-order valence-electron chi connectivity index (χ2n) is 9.59. The number of likely N-dealkylation sites (N-methyl/N-ethyl adjacent to an activating group) is 1. The summed E-state index contributed by atoms with van der Waals surface area (Å²) in [6.07, 6.45) is 2.31. The molecule has 1 heterocycles. The fraction of sp³-hybridized carbons (Fsp3) is 0.387. The van der Waals surface area contributed by atoms with Gasteiger partial charge >= 0.3 is 5.97 Å². The minimum atomic E-state index is -1.32. The van der Waals surface area contributed by atoms with E-state index in [0.29, 0.717) is 19.8 Å². The molecule has 5 heteroatoms. The van der Waals surface area contributed by atoms with Gasteiger partial charge in [-0.15, -0.1) is 0 Å². The molecule has 36 heavy (non-hydrogen) atoms. The maximum Gasteiger partial charge on any atom is 0.348 e. The number of ether oxygens (including phenoxy) is 3. The quantitative estimate of drug-likeness (QED) is 0.249. The highest BCUT2D eigenvalue weighted by molar-refractivity contribution is 5.86. The average molecular weight is 488 g/mol. The number of hydrogen-bond acceptors (Lipinski definition) is 5. The molecule has 0 bridgehead atoms. The third-order valence-electron chi connectivity index (χ3n) is 6.66. The number of likely N-dealkylation sites (tertiary alicyclic amines) is 1. The number of hydrogen-bond donors (Lipinski definition) is 0. The fourth-order valence-corrected chi connectivity index (χ4v) is 4.61. The Balaban J connectivity index is 1.48. The predicted molar refractivity (Wildman–Crippen MR) is 142 cm³/mol. The molecule has 0 spiro atoms. The zero-order valence-corrected chi connectivity index (χ0v) is 21.4. The van der Waals surface area contributed by atoms with Gasteiger partial charge in [-0.25, -0.2) is 4.79 Å². The van der Waals surface area contributed by atoms with Gasteiger partial charge in [-0.05, 0) is 49.9 Å². The Morgan fingerprint density at radius 2 is 1.53 bits per heavy atom. The molecule has 1 aliphatic heterocycles. The van der Waals surface area contributed by atoms with Gasteiger partial charge in [0.25, 0.3) is 0 Å². The lowest BCUT2D eigenvalue weighted by Crippen LogP contribution is -2.43. The number of carbonyl (C=O) groups is 1. The van der Waals surface area contributed by atoms with Crippen LogP contribution in [0.1, 0.15) is 41.5 Å². The van der Waals surface area contributed by atoms with E-state index in [4.69, 9.17) is 14.2 Å². The second kappa shape index (κ2) is 12.8. The van der Waals surface area contributed by atoms with E-state index < -0.39 is 5.60 Å². The lowest BCUT2D eigenvalue weighted by Gasteiger charge is -2.34. The normalized spacial score (nSPS) is 17.6. The van der Waals surface area contributed by atoms with Gasteiger partial charge < -0.3 is 19.1 Å². The number of carbonyl (C=O) groups excluding carboxylic acids is 1. The first-order valence-corrected chi connectivity index (χ1v) is 12.9. The number of nitrogens with zero attached hydrogens (tertiary/aromatic N) is 1. The van der Waals surface area contributed by atoms with Gasteiger partial charge in [0.05, 0.1) is 6.61 Å². The molecular formula is C31H37NO4. The van der Waals surface area contributed by atoms with E-state index in [1.165, 1.54) is 0 Å². The molecular weight excluding hydrogens is 450 g/mol. The summed E-state index contributed by atoms with van der Waals surface area (Å²) < 4.78 is 18.5. The van der Waals surface area contributed by atoms with E-state index in [9.17, 15) is 4.79 Å². The second-order valence-corrected chi connectivity index (χ2v) is 9.59. The Morgan fingerprint density at radius 1 is 0.889 bits per heavy atom. The Bertz CT molecular complexity index is 1070. The van der Waals surface area contributed by atoms with E-state index in [-0.39, 0.29) is 12.1 Å². The smallest absolute Gasteiger partial charge is 0.348 e. The summed E-state index contributed by atoms with van der Waals surface area (Å²) in [5, 5.41) is 0. The molecule has 0 aliphatic carbocycles. The van der Waals surface area contributed by atoms with Gasteiger partial charge in [-0.1, -0.05) is 90.5 Å². The van der Waals surface area contributed by atoms with Crippen molar-refractivity contribution in [3.8, 4) is 0 Å². The van der Waals surface area contributed by atoms with E-state index >= 15 is 0 Å². The zero-order chi connectivity index (χ0) is 25.2. The topological polar surface area (TPSA) is 48.0 Å². The monoisotopic (exact) mass is 487 g/mol. The summed E-state index contributed by atoms with van der Waals surface area (Å²) in [5.74, 6) is -0.349. The van der Waals surface area contributed by atoms with Gasteiger partial charge in [-0.3, -0.25) is 0 Å². The molecule has 0 aromatic heterocycles. The first-order valence-electron chi connectivity index (χ1n) is 12.9. The maximum atomic E-state index is 13.9. The lowest BCUT2D eigenvalue weighted by molar-refractivity contribution is -0.174. The highest BCUT2D eigenvalue weighted by atomic mass is 16.6. The van der Waals surface area contributed by atoms with Crippen molar-refractivity contribution in [1.82, 2.24) is 4.90 Å². The summed E-state index contributed by atoms with van der Waals surface area (Å²) in [6.45, 7) is 5.35. The summed E-state index contributed by atoms with van der Waals surface area (Å²) >= 11 is 0. The molecule has 3 aromatic rings. The number of rotatable bonds is 12. The SMILES string of the molecule is Cc1ccc(C(OCCCCOCc2ccccc2)(C(=O)OC2CCN(C)C2)c2ccccc2)cc1. The Kier molecular flexibility index (Phi) is 9.29. The number of unbranched alkanes of at least 4 members (excludes halogenated alkanes) is 1. The Morgan fingerprint density at radius 3 is 2.19 bits per heavy atom. The standard InChI is InChI=1S/C31H37NO4/c1-25-15-17-28(18-16-25)31(27-13-7-4-8-14-27,30(33)36-29-19-20-32(2)23-29)35-22-10-9-21-34-24-26-11-5-3-6-12-26/h3-8,11-18,29H,9-10,19-24H2,1-2H3. The van der Waals surface area contributed by atoms with Gasteiger partial charge in [0.15, 0.2) is 0 Å². The van der Waals surface area contributed by atoms with Crippen molar-refractivity contribution in [2.24, 2.45) is 0 Å².